The number of urea groups is 1. The Bertz CT molecular complexity index is 537. The number of rotatable bonds is 7. The Morgan fingerprint density at radius 3 is 2.30 bits per heavy atom. The van der Waals surface area contributed by atoms with Crippen LogP contribution < -0.4 is 10.1 Å². The zero-order chi connectivity index (χ0) is 17.6. The van der Waals surface area contributed by atoms with Crippen LogP contribution in [0.2, 0.25) is 0 Å². The number of aliphatic carboxylic acids is 1. The number of carboxylic acid groups (broad SMARTS) is 1. The van der Waals surface area contributed by atoms with Gasteiger partial charge in [-0.2, -0.15) is 8.78 Å². The Labute approximate surface area is 133 Å². The number of nitrogens with one attached hydrogen (secondary N) is 1. The summed E-state index contributed by atoms with van der Waals surface area (Å²) < 4.78 is 28.4. The molecule has 2 atom stereocenters. The first-order valence-electron chi connectivity index (χ1n) is 7.00. The van der Waals surface area contributed by atoms with Crippen molar-refractivity contribution >= 4 is 12.0 Å². The van der Waals surface area contributed by atoms with E-state index in [1.807, 2.05) is 0 Å². The summed E-state index contributed by atoms with van der Waals surface area (Å²) in [5, 5.41) is 11.5. The third-order valence-electron chi connectivity index (χ3n) is 3.26. The van der Waals surface area contributed by atoms with Gasteiger partial charge in [-0.25, -0.2) is 4.79 Å². The Morgan fingerprint density at radius 1 is 1.26 bits per heavy atom. The second kappa shape index (κ2) is 8.30. The van der Waals surface area contributed by atoms with E-state index >= 15 is 0 Å². The summed E-state index contributed by atoms with van der Waals surface area (Å²) in [6, 6.07) is 5.13. The van der Waals surface area contributed by atoms with Gasteiger partial charge in [0.15, 0.2) is 0 Å². The second-order valence-electron chi connectivity index (χ2n) is 5.24. The highest BCUT2D eigenvalue weighted by atomic mass is 19.3. The number of nitrogens with zero attached hydrogens (tertiary/aromatic N) is 1. The molecule has 0 fully saturated rings. The number of hydrogen-bond acceptors (Lipinski definition) is 3. The van der Waals surface area contributed by atoms with Crippen molar-refractivity contribution in [3.63, 3.8) is 0 Å². The van der Waals surface area contributed by atoms with Gasteiger partial charge in [-0.15, -0.1) is 0 Å². The van der Waals surface area contributed by atoms with E-state index in [1.165, 1.54) is 31.0 Å². The van der Waals surface area contributed by atoms with E-state index in [0.29, 0.717) is 5.56 Å². The van der Waals surface area contributed by atoms with Gasteiger partial charge in [-0.3, -0.25) is 4.79 Å². The van der Waals surface area contributed by atoms with Gasteiger partial charge in [0, 0.05) is 13.6 Å². The molecule has 1 aromatic carbocycles. The molecule has 1 aromatic rings. The van der Waals surface area contributed by atoms with Crippen molar-refractivity contribution in [1.29, 1.82) is 0 Å². The number of alkyl halides is 2. The smallest absolute Gasteiger partial charge is 0.387 e. The molecule has 0 saturated heterocycles. The van der Waals surface area contributed by atoms with E-state index in [2.05, 4.69) is 10.1 Å². The molecule has 0 aliphatic heterocycles. The molecule has 0 radical (unpaired) electrons. The first kappa shape index (κ1) is 18.7. The zero-order valence-corrected chi connectivity index (χ0v) is 13.1. The number of ether oxygens (including phenoxy) is 1. The minimum absolute atomic E-state index is 0.0367. The van der Waals surface area contributed by atoms with Crippen molar-refractivity contribution in [2.75, 3.05) is 13.6 Å². The molecule has 0 aliphatic carbocycles. The fraction of sp³-hybridized carbons (Fsp3) is 0.467. The molecule has 23 heavy (non-hydrogen) atoms. The summed E-state index contributed by atoms with van der Waals surface area (Å²) in [7, 11) is 1.50. The van der Waals surface area contributed by atoms with Crippen molar-refractivity contribution in [2.45, 2.75) is 26.5 Å². The monoisotopic (exact) mass is 330 g/mol. The molecule has 0 aliphatic rings. The van der Waals surface area contributed by atoms with Crippen molar-refractivity contribution in [2.24, 2.45) is 5.92 Å². The quantitative estimate of drug-likeness (QED) is 0.806. The molecule has 6 nitrogen and oxygen atoms in total. The third-order valence-corrected chi connectivity index (χ3v) is 3.26. The predicted octanol–water partition coefficient (Wildman–Crippen LogP) is 2.71. The maximum atomic E-state index is 12.1. The standard InChI is InChI=1S/C15H20F2N2O4/c1-9(13(20)21)8-19(3)15(22)18-10(2)11-4-6-12(7-5-11)23-14(16)17/h4-7,9-10,14H,8H2,1-3H3,(H,18,22)(H,20,21). The Hall–Kier alpha value is -2.38. The van der Waals surface area contributed by atoms with Crippen LogP contribution in [0.5, 0.6) is 5.75 Å². The molecule has 2 N–H and O–H groups in total. The lowest BCUT2D eigenvalue weighted by Crippen LogP contribution is -2.41. The van der Waals surface area contributed by atoms with E-state index in [0.717, 1.165) is 0 Å². The SMILES string of the molecule is CC(CN(C)C(=O)NC(C)c1ccc(OC(F)F)cc1)C(=O)O. The molecule has 128 valence electrons. The van der Waals surface area contributed by atoms with E-state index in [9.17, 15) is 18.4 Å². The Kier molecular flexibility index (Phi) is 6.74. The fourth-order valence-electron chi connectivity index (χ4n) is 1.89. The topological polar surface area (TPSA) is 78.9 Å². The van der Waals surface area contributed by atoms with Gasteiger partial charge < -0.3 is 20.1 Å². The van der Waals surface area contributed by atoms with Crippen molar-refractivity contribution in [3.8, 4) is 5.75 Å². The maximum Gasteiger partial charge on any atom is 0.387 e. The molecule has 8 heteroatoms. The van der Waals surface area contributed by atoms with Crippen molar-refractivity contribution < 1.29 is 28.2 Å². The van der Waals surface area contributed by atoms with E-state index in [4.69, 9.17) is 5.11 Å². The molecule has 0 bridgehead atoms. The summed E-state index contributed by atoms with van der Waals surface area (Å²) >= 11 is 0. The number of carbonyl (C=O) groups is 2. The molecule has 0 aromatic heterocycles. The highest BCUT2D eigenvalue weighted by Gasteiger charge is 2.19. The van der Waals surface area contributed by atoms with Crippen molar-refractivity contribution in [1.82, 2.24) is 10.2 Å². The molecule has 2 amide bonds. The molecular weight excluding hydrogens is 310 g/mol. The first-order chi connectivity index (χ1) is 10.7. The summed E-state index contributed by atoms with van der Waals surface area (Å²) in [6.45, 7) is 0.435. The van der Waals surface area contributed by atoms with E-state index < -0.39 is 24.5 Å². The Balaban J connectivity index is 2.59. The Morgan fingerprint density at radius 2 is 1.83 bits per heavy atom. The third kappa shape index (κ3) is 6.09. The second-order valence-corrected chi connectivity index (χ2v) is 5.24. The van der Waals surface area contributed by atoms with Crippen LogP contribution in [0.3, 0.4) is 0 Å². The van der Waals surface area contributed by atoms with E-state index in [-0.39, 0.29) is 18.3 Å². The molecule has 0 heterocycles. The van der Waals surface area contributed by atoms with Crippen LogP contribution in [0.15, 0.2) is 24.3 Å². The first-order valence-corrected chi connectivity index (χ1v) is 7.00. The fourth-order valence-corrected chi connectivity index (χ4v) is 1.89. The van der Waals surface area contributed by atoms with E-state index in [1.54, 1.807) is 19.1 Å². The predicted molar refractivity (Wildman–Crippen MR) is 79.5 cm³/mol. The summed E-state index contributed by atoms with van der Waals surface area (Å²) in [6.07, 6.45) is 0. The number of benzene rings is 1. The van der Waals surface area contributed by atoms with Gasteiger partial charge in [-0.05, 0) is 24.6 Å². The van der Waals surface area contributed by atoms with Crippen LogP contribution in [0.25, 0.3) is 0 Å². The average molecular weight is 330 g/mol. The molecular formula is C15H20F2N2O4. The summed E-state index contributed by atoms with van der Waals surface area (Å²) in [4.78, 5) is 24.1. The van der Waals surface area contributed by atoms with Gasteiger partial charge in [0.25, 0.3) is 0 Å². The van der Waals surface area contributed by atoms with Gasteiger partial charge in [-0.1, -0.05) is 19.1 Å². The molecule has 1 rings (SSSR count). The molecule has 0 saturated carbocycles. The highest BCUT2D eigenvalue weighted by Crippen LogP contribution is 2.19. The highest BCUT2D eigenvalue weighted by molar-refractivity contribution is 5.76. The zero-order valence-electron chi connectivity index (χ0n) is 13.1. The number of hydrogen-bond donors (Lipinski definition) is 2. The van der Waals surface area contributed by atoms with Gasteiger partial charge in [0.2, 0.25) is 0 Å². The van der Waals surface area contributed by atoms with Crippen LogP contribution >= 0.6 is 0 Å². The van der Waals surface area contributed by atoms with Gasteiger partial charge in [0.1, 0.15) is 5.75 Å². The minimum atomic E-state index is -2.89. The van der Waals surface area contributed by atoms with Crippen LogP contribution in [-0.2, 0) is 4.79 Å². The van der Waals surface area contributed by atoms with Gasteiger partial charge >= 0.3 is 18.6 Å². The van der Waals surface area contributed by atoms with Crippen LogP contribution in [-0.4, -0.2) is 42.2 Å². The number of amides is 2. The number of halogens is 2. The number of carboxylic acids is 1. The van der Waals surface area contributed by atoms with Crippen LogP contribution in [0.1, 0.15) is 25.5 Å². The minimum Gasteiger partial charge on any atom is -0.481 e. The normalized spacial score (nSPS) is 13.3. The van der Waals surface area contributed by atoms with Gasteiger partial charge in [0.05, 0.1) is 12.0 Å². The average Bonchev–Trinajstić information content (AvgIpc) is 2.46. The van der Waals surface area contributed by atoms with Crippen LogP contribution in [0, 0.1) is 5.92 Å². The molecule has 2 unspecified atom stereocenters. The summed E-state index contributed by atoms with van der Waals surface area (Å²) in [5.41, 5.74) is 0.708. The lowest BCUT2D eigenvalue weighted by molar-refractivity contribution is -0.141. The number of carbonyl (C=O) groups excluding carboxylic acids is 1. The van der Waals surface area contributed by atoms with Crippen LogP contribution in [0.4, 0.5) is 13.6 Å². The maximum absolute atomic E-state index is 12.1. The summed E-state index contributed by atoms with van der Waals surface area (Å²) in [5.74, 6) is -1.62. The lowest BCUT2D eigenvalue weighted by atomic mass is 10.1. The molecule has 0 spiro atoms. The lowest BCUT2D eigenvalue weighted by Gasteiger charge is -2.23. The largest absolute Gasteiger partial charge is 0.481 e. The van der Waals surface area contributed by atoms with Crippen molar-refractivity contribution in [3.05, 3.63) is 29.8 Å².